The molecular weight excluding hydrogens is 582 g/mol. The molecule has 0 aliphatic heterocycles. The molecule has 0 fully saturated rings. The molecule has 6 N–H and O–H groups in total. The van der Waals surface area contributed by atoms with E-state index < -0.39 is 0 Å². The molecule has 0 heterocycles. The van der Waals surface area contributed by atoms with Crippen molar-refractivity contribution in [2.24, 2.45) is 4.99 Å². The third-order valence-electron chi connectivity index (χ3n) is 7.07. The van der Waals surface area contributed by atoms with Gasteiger partial charge in [0.25, 0.3) is 0 Å². The average molecular weight is 612 g/mol. The molecule has 0 aromatic heterocycles. The van der Waals surface area contributed by atoms with E-state index in [4.69, 9.17) is 10.2 Å². The summed E-state index contributed by atoms with van der Waals surface area (Å²) >= 11 is 0. The predicted octanol–water partition coefficient (Wildman–Crippen LogP) is 8.32. The van der Waals surface area contributed by atoms with Crippen LogP contribution < -0.4 is 0 Å². The Hall–Kier alpha value is -6.54. The molecule has 0 bridgehead atoms. The molecule has 0 saturated carbocycles. The van der Waals surface area contributed by atoms with Crippen LogP contribution in [0.2, 0.25) is 0 Å². The molecule has 0 atom stereocenters. The van der Waals surface area contributed by atoms with E-state index in [-0.39, 0.29) is 40.1 Å². The van der Waals surface area contributed by atoms with Gasteiger partial charge >= 0.3 is 0 Å². The summed E-state index contributed by atoms with van der Waals surface area (Å²) in [6.45, 7) is 0. The van der Waals surface area contributed by atoms with Crippen molar-refractivity contribution in [1.29, 1.82) is 0 Å². The number of para-hydroxylation sites is 1. The first-order valence-electron chi connectivity index (χ1n) is 14.1. The molecule has 0 radical (unpaired) electrons. The summed E-state index contributed by atoms with van der Waals surface area (Å²) in [5.41, 5.74) is 1.72. The zero-order chi connectivity index (χ0) is 32.6. The van der Waals surface area contributed by atoms with Gasteiger partial charge < -0.3 is 30.6 Å². The van der Waals surface area contributed by atoms with E-state index in [2.05, 4.69) is 4.99 Å². The van der Waals surface area contributed by atoms with E-state index in [0.29, 0.717) is 17.2 Å². The summed E-state index contributed by atoms with van der Waals surface area (Å²) in [4.78, 5) is 15.1. The number of carbonyl (C=O) groups excluding carboxylic acids is 1. The highest BCUT2D eigenvalue weighted by Gasteiger charge is 2.07. The number of phenolic OH excluding ortho intramolecular Hbond substituents is 6. The lowest BCUT2D eigenvalue weighted by Crippen LogP contribution is -1.86. The Bertz CT molecular complexity index is 2150. The number of phenols is 6. The van der Waals surface area contributed by atoms with Gasteiger partial charge in [-0.3, -0.25) is 9.79 Å². The maximum atomic E-state index is 10.7. The van der Waals surface area contributed by atoms with Crippen LogP contribution in [0.25, 0.3) is 32.3 Å². The van der Waals surface area contributed by atoms with Crippen LogP contribution in [0.5, 0.6) is 34.5 Å². The van der Waals surface area contributed by atoms with Crippen molar-refractivity contribution >= 4 is 50.5 Å². The Balaban J connectivity index is 0.000000141. The number of hydrogen-bond donors (Lipinski definition) is 6. The van der Waals surface area contributed by atoms with Crippen LogP contribution >= 0.6 is 0 Å². The molecule has 0 amide bonds. The SMILES string of the molecule is O=Cc1c(O)ccc2cc(O)ccc12.Oc1ccc2c(C=Nc3ccccc3)c(O)ccc2c1.Oc1ccc2cc(O)ccc2c1. The highest BCUT2D eigenvalue weighted by Crippen LogP contribution is 2.30. The number of rotatable bonds is 3. The molecule has 7 rings (SSSR count). The Morgan fingerprint density at radius 3 is 1.35 bits per heavy atom. The minimum atomic E-state index is -0.0433. The Kier molecular flexibility index (Phi) is 9.29. The van der Waals surface area contributed by atoms with Gasteiger partial charge in [0, 0.05) is 11.8 Å². The largest absolute Gasteiger partial charge is 0.508 e. The molecular formula is C38H29NO7. The van der Waals surface area contributed by atoms with Gasteiger partial charge in [0.05, 0.1) is 11.3 Å². The fourth-order valence-corrected chi connectivity index (χ4v) is 4.79. The van der Waals surface area contributed by atoms with Crippen LogP contribution in [0.15, 0.2) is 132 Å². The standard InChI is InChI=1S/C17H13NO2.C11H8O3.C10H8O2/c19-14-7-8-15-12(10-14)6-9-17(20)16(15)11-18-13-4-2-1-3-5-13;12-6-10-9-3-2-8(13)5-7(9)1-4-11(10)14;11-9-3-1-7-5-10(12)4-2-8(7)6-9/h1-11,19-20H;1-6,13-14H;1-6,11-12H. The molecule has 0 aliphatic rings. The molecule has 0 saturated heterocycles. The maximum Gasteiger partial charge on any atom is 0.154 e. The van der Waals surface area contributed by atoms with Gasteiger partial charge in [-0.05, 0) is 117 Å². The second-order valence-corrected chi connectivity index (χ2v) is 10.2. The number of fused-ring (bicyclic) bond motifs is 3. The average Bonchev–Trinajstić information content (AvgIpc) is 3.05. The third-order valence-corrected chi connectivity index (χ3v) is 7.07. The number of nitrogens with zero attached hydrogens (tertiary/aromatic N) is 1. The van der Waals surface area contributed by atoms with E-state index in [9.17, 15) is 25.2 Å². The molecule has 0 spiro atoms. The Morgan fingerprint density at radius 1 is 0.435 bits per heavy atom. The second kappa shape index (κ2) is 13.8. The van der Waals surface area contributed by atoms with E-state index in [0.717, 1.165) is 32.6 Å². The van der Waals surface area contributed by atoms with Crippen LogP contribution in [-0.2, 0) is 0 Å². The van der Waals surface area contributed by atoms with Crippen LogP contribution in [0.3, 0.4) is 0 Å². The molecule has 7 aromatic rings. The molecule has 7 aromatic carbocycles. The van der Waals surface area contributed by atoms with E-state index in [1.165, 1.54) is 12.1 Å². The fraction of sp³-hybridized carbons (Fsp3) is 0. The first kappa shape index (κ1) is 30.9. The van der Waals surface area contributed by atoms with Crippen LogP contribution in [0, 0.1) is 0 Å². The first-order chi connectivity index (χ1) is 22.2. The maximum absolute atomic E-state index is 10.7. The van der Waals surface area contributed by atoms with Gasteiger partial charge in [0.2, 0.25) is 0 Å². The van der Waals surface area contributed by atoms with Gasteiger partial charge in [-0.25, -0.2) is 0 Å². The number of benzene rings is 7. The topological polar surface area (TPSA) is 151 Å². The van der Waals surface area contributed by atoms with Crippen molar-refractivity contribution < 1.29 is 35.4 Å². The van der Waals surface area contributed by atoms with Crippen molar-refractivity contribution in [2.75, 3.05) is 0 Å². The Morgan fingerprint density at radius 2 is 0.848 bits per heavy atom. The van der Waals surface area contributed by atoms with Crippen molar-refractivity contribution in [3.05, 3.63) is 139 Å². The predicted molar refractivity (Wildman–Crippen MR) is 181 cm³/mol. The second-order valence-electron chi connectivity index (χ2n) is 10.2. The lowest BCUT2D eigenvalue weighted by Gasteiger charge is -2.05. The zero-order valence-electron chi connectivity index (χ0n) is 24.3. The van der Waals surface area contributed by atoms with Gasteiger partial charge in [-0.1, -0.05) is 42.5 Å². The molecule has 8 heteroatoms. The summed E-state index contributed by atoms with van der Waals surface area (Å²) in [6.07, 6.45) is 2.25. The zero-order valence-corrected chi connectivity index (χ0v) is 24.3. The number of hydrogen-bond acceptors (Lipinski definition) is 8. The molecule has 0 unspecified atom stereocenters. The molecule has 0 aliphatic carbocycles. The normalized spacial score (nSPS) is 10.7. The van der Waals surface area contributed by atoms with Gasteiger partial charge in [0.15, 0.2) is 6.29 Å². The minimum absolute atomic E-state index is 0.0433. The van der Waals surface area contributed by atoms with Crippen molar-refractivity contribution in [1.82, 2.24) is 0 Å². The highest BCUT2D eigenvalue weighted by molar-refractivity contribution is 6.03. The monoisotopic (exact) mass is 611 g/mol. The third kappa shape index (κ3) is 7.32. The number of aldehydes is 1. The van der Waals surface area contributed by atoms with Crippen molar-refractivity contribution in [2.45, 2.75) is 0 Å². The van der Waals surface area contributed by atoms with Gasteiger partial charge in [-0.2, -0.15) is 0 Å². The number of carbonyl (C=O) groups is 1. The summed E-state index contributed by atoms with van der Waals surface area (Å²) in [5, 5.41) is 61.3. The fourth-order valence-electron chi connectivity index (χ4n) is 4.79. The highest BCUT2D eigenvalue weighted by atomic mass is 16.3. The summed E-state index contributed by atoms with van der Waals surface area (Å²) < 4.78 is 0. The van der Waals surface area contributed by atoms with Gasteiger partial charge in [0.1, 0.15) is 34.5 Å². The Labute approximate surface area is 263 Å². The van der Waals surface area contributed by atoms with E-state index >= 15 is 0 Å². The number of aliphatic imine (C=N–C) groups is 1. The molecule has 46 heavy (non-hydrogen) atoms. The number of aromatic hydroxyl groups is 6. The smallest absolute Gasteiger partial charge is 0.154 e. The van der Waals surface area contributed by atoms with Crippen molar-refractivity contribution in [3.63, 3.8) is 0 Å². The molecule has 8 nitrogen and oxygen atoms in total. The van der Waals surface area contributed by atoms with Crippen molar-refractivity contribution in [3.8, 4) is 34.5 Å². The van der Waals surface area contributed by atoms with Crippen LogP contribution in [0.4, 0.5) is 5.69 Å². The first-order valence-corrected chi connectivity index (χ1v) is 14.1. The quantitative estimate of drug-likeness (QED) is 0.0868. The summed E-state index contributed by atoms with van der Waals surface area (Å²) in [6, 6.07) is 35.7. The molecule has 228 valence electrons. The lowest BCUT2D eigenvalue weighted by atomic mass is 10.0. The minimum Gasteiger partial charge on any atom is -0.508 e. The summed E-state index contributed by atoms with van der Waals surface area (Å²) in [7, 11) is 0. The van der Waals surface area contributed by atoms with E-state index in [1.807, 2.05) is 30.3 Å². The van der Waals surface area contributed by atoms with Crippen LogP contribution in [0.1, 0.15) is 15.9 Å². The van der Waals surface area contributed by atoms with E-state index in [1.54, 1.807) is 91.1 Å². The van der Waals surface area contributed by atoms with Gasteiger partial charge in [-0.15, -0.1) is 0 Å². The summed E-state index contributed by atoms with van der Waals surface area (Å²) in [5.74, 6) is 0.955. The lowest BCUT2D eigenvalue weighted by molar-refractivity contribution is 0.112. The van der Waals surface area contributed by atoms with Crippen LogP contribution in [-0.4, -0.2) is 43.1 Å².